The van der Waals surface area contributed by atoms with Gasteiger partial charge in [0.1, 0.15) is 5.75 Å². The molecule has 150 valence electrons. The minimum absolute atomic E-state index is 0.187. The molecule has 0 aromatic heterocycles. The van der Waals surface area contributed by atoms with E-state index in [1.165, 1.54) is 0 Å². The molecule has 3 rings (SSSR count). The lowest BCUT2D eigenvalue weighted by atomic mass is 9.83. The van der Waals surface area contributed by atoms with Gasteiger partial charge in [-0.2, -0.15) is 0 Å². The largest absolute Gasteiger partial charge is 0.497 e. The number of carbonyl (C=O) groups is 1. The highest BCUT2D eigenvalue weighted by Gasteiger charge is 2.40. The molecule has 0 fully saturated rings. The third kappa shape index (κ3) is 4.66. The van der Waals surface area contributed by atoms with Gasteiger partial charge in [-0.05, 0) is 48.9 Å². The first-order valence-electron chi connectivity index (χ1n) is 9.14. The number of ether oxygens (including phenoxy) is 1. The van der Waals surface area contributed by atoms with Gasteiger partial charge in [-0.15, -0.1) is 0 Å². The molecule has 0 radical (unpaired) electrons. The number of para-hydroxylation sites is 1. The molecule has 1 amide bonds. The molecule has 0 aliphatic carbocycles. The summed E-state index contributed by atoms with van der Waals surface area (Å²) in [7, 11) is -2.16. The van der Waals surface area contributed by atoms with Gasteiger partial charge in [0.2, 0.25) is 5.91 Å². The number of methoxy groups -OCH3 is 1. The standard InChI is InChI=1S/C23H23NO4S/c1-23(18-13-15-20(28-2)16-14-18,22(25)24-19-9-5-3-6-10-19)17-29(26,27)21-11-7-4-8-12-21/h3-16H,17H2,1-2H3,(H,24,25)/t23-/m1/s1. The molecule has 5 nitrogen and oxygen atoms in total. The highest BCUT2D eigenvalue weighted by atomic mass is 32.2. The number of sulfone groups is 1. The van der Waals surface area contributed by atoms with E-state index in [4.69, 9.17) is 4.74 Å². The van der Waals surface area contributed by atoms with E-state index in [9.17, 15) is 13.2 Å². The minimum Gasteiger partial charge on any atom is -0.497 e. The Bertz CT molecular complexity index is 1060. The molecule has 0 aliphatic rings. The summed E-state index contributed by atoms with van der Waals surface area (Å²) in [5, 5.41) is 2.85. The van der Waals surface area contributed by atoms with Crippen LogP contribution < -0.4 is 10.1 Å². The van der Waals surface area contributed by atoms with E-state index in [2.05, 4.69) is 5.32 Å². The molecule has 1 atom stereocenters. The number of amides is 1. The van der Waals surface area contributed by atoms with E-state index in [1.54, 1.807) is 92.9 Å². The molecule has 0 heterocycles. The van der Waals surface area contributed by atoms with Crippen LogP contribution in [0.1, 0.15) is 12.5 Å². The van der Waals surface area contributed by atoms with Crippen molar-refractivity contribution in [2.24, 2.45) is 0 Å². The van der Waals surface area contributed by atoms with Crippen LogP contribution in [0, 0.1) is 0 Å². The summed E-state index contributed by atoms with van der Waals surface area (Å²) in [5.41, 5.74) is -0.114. The highest BCUT2D eigenvalue weighted by Crippen LogP contribution is 2.31. The average molecular weight is 410 g/mol. The number of rotatable bonds is 7. The quantitative estimate of drug-likeness (QED) is 0.639. The first-order chi connectivity index (χ1) is 13.8. The van der Waals surface area contributed by atoms with Gasteiger partial charge in [0.05, 0.1) is 23.2 Å². The molecule has 0 aliphatic heterocycles. The third-order valence-electron chi connectivity index (χ3n) is 4.84. The number of benzene rings is 3. The normalized spacial score (nSPS) is 13.3. The van der Waals surface area contributed by atoms with Crippen molar-refractivity contribution in [2.45, 2.75) is 17.2 Å². The van der Waals surface area contributed by atoms with Crippen molar-refractivity contribution < 1.29 is 17.9 Å². The maximum absolute atomic E-state index is 13.3. The summed E-state index contributed by atoms with van der Waals surface area (Å²) in [6, 6.07) is 24.0. The number of carbonyl (C=O) groups excluding carboxylic acids is 1. The van der Waals surface area contributed by atoms with Crippen molar-refractivity contribution in [3.05, 3.63) is 90.5 Å². The fraction of sp³-hybridized carbons (Fsp3) is 0.174. The molecule has 3 aromatic carbocycles. The molecular weight excluding hydrogens is 386 g/mol. The van der Waals surface area contributed by atoms with Crippen molar-refractivity contribution in [3.63, 3.8) is 0 Å². The van der Waals surface area contributed by atoms with Crippen molar-refractivity contribution in [3.8, 4) is 5.75 Å². The predicted molar refractivity (Wildman–Crippen MR) is 114 cm³/mol. The van der Waals surface area contributed by atoms with Crippen LogP contribution in [0.5, 0.6) is 5.75 Å². The molecular formula is C23H23NO4S. The monoisotopic (exact) mass is 409 g/mol. The van der Waals surface area contributed by atoms with Crippen molar-refractivity contribution in [1.82, 2.24) is 0 Å². The van der Waals surface area contributed by atoms with Crippen molar-refractivity contribution in [2.75, 3.05) is 18.2 Å². The number of hydrogen-bond donors (Lipinski definition) is 1. The summed E-state index contributed by atoms with van der Waals surface area (Å²) in [5.74, 6) is -0.131. The van der Waals surface area contributed by atoms with Gasteiger partial charge >= 0.3 is 0 Å². The van der Waals surface area contributed by atoms with Crippen molar-refractivity contribution in [1.29, 1.82) is 0 Å². The average Bonchev–Trinajstić information content (AvgIpc) is 2.74. The van der Waals surface area contributed by atoms with Crippen LogP contribution in [0.2, 0.25) is 0 Å². The fourth-order valence-electron chi connectivity index (χ4n) is 3.12. The van der Waals surface area contributed by atoms with Crippen LogP contribution in [0.15, 0.2) is 89.8 Å². The second kappa shape index (κ2) is 8.49. The molecule has 6 heteroatoms. The Morgan fingerprint density at radius 3 is 2.00 bits per heavy atom. The van der Waals surface area contributed by atoms with Crippen LogP contribution in [0.3, 0.4) is 0 Å². The van der Waals surface area contributed by atoms with E-state index < -0.39 is 21.2 Å². The van der Waals surface area contributed by atoms with E-state index in [1.807, 2.05) is 6.07 Å². The Kier molecular flexibility index (Phi) is 6.03. The maximum Gasteiger partial charge on any atom is 0.235 e. The van der Waals surface area contributed by atoms with E-state index in [0.29, 0.717) is 17.0 Å². The first-order valence-corrected chi connectivity index (χ1v) is 10.8. The van der Waals surface area contributed by atoms with Gasteiger partial charge in [0.25, 0.3) is 0 Å². The Labute approximate surface area is 171 Å². The molecule has 1 N–H and O–H groups in total. The second-order valence-corrected chi connectivity index (χ2v) is 8.94. The van der Waals surface area contributed by atoms with Crippen LogP contribution in [-0.4, -0.2) is 27.2 Å². The second-order valence-electron chi connectivity index (χ2n) is 6.95. The van der Waals surface area contributed by atoms with E-state index >= 15 is 0 Å². The van der Waals surface area contributed by atoms with Crippen LogP contribution in [-0.2, 0) is 20.0 Å². The van der Waals surface area contributed by atoms with Gasteiger partial charge in [0.15, 0.2) is 9.84 Å². The van der Waals surface area contributed by atoms with Gasteiger partial charge in [-0.1, -0.05) is 48.5 Å². The zero-order chi connectivity index (χ0) is 20.9. The lowest BCUT2D eigenvalue weighted by Gasteiger charge is -2.29. The zero-order valence-electron chi connectivity index (χ0n) is 16.3. The fourth-order valence-corrected chi connectivity index (χ4v) is 4.92. The molecule has 0 spiro atoms. The summed E-state index contributed by atoms with van der Waals surface area (Å²) >= 11 is 0. The smallest absolute Gasteiger partial charge is 0.235 e. The zero-order valence-corrected chi connectivity index (χ0v) is 17.1. The lowest BCUT2D eigenvalue weighted by molar-refractivity contribution is -0.120. The number of hydrogen-bond acceptors (Lipinski definition) is 4. The number of anilines is 1. The lowest BCUT2D eigenvalue weighted by Crippen LogP contribution is -2.43. The van der Waals surface area contributed by atoms with Gasteiger partial charge in [0, 0.05) is 5.69 Å². The maximum atomic E-state index is 13.3. The Morgan fingerprint density at radius 2 is 1.45 bits per heavy atom. The number of nitrogens with one attached hydrogen (secondary N) is 1. The molecule has 0 bridgehead atoms. The molecule has 29 heavy (non-hydrogen) atoms. The summed E-state index contributed by atoms with van der Waals surface area (Å²) in [6.45, 7) is 1.65. The summed E-state index contributed by atoms with van der Waals surface area (Å²) < 4.78 is 31.4. The van der Waals surface area contributed by atoms with Crippen LogP contribution >= 0.6 is 0 Å². The highest BCUT2D eigenvalue weighted by molar-refractivity contribution is 7.91. The van der Waals surface area contributed by atoms with E-state index in [0.717, 1.165) is 0 Å². The molecule has 3 aromatic rings. The molecule has 0 saturated heterocycles. The Balaban J connectivity index is 2.01. The summed E-state index contributed by atoms with van der Waals surface area (Å²) in [6.07, 6.45) is 0. The van der Waals surface area contributed by atoms with Crippen molar-refractivity contribution >= 4 is 21.4 Å². The Morgan fingerprint density at radius 1 is 0.897 bits per heavy atom. The SMILES string of the molecule is COc1ccc([C@@](C)(CS(=O)(=O)c2ccccc2)C(=O)Nc2ccccc2)cc1. The topological polar surface area (TPSA) is 72.5 Å². The van der Waals surface area contributed by atoms with Crippen LogP contribution in [0.4, 0.5) is 5.69 Å². The first kappa shape index (κ1) is 20.6. The molecule has 0 saturated carbocycles. The summed E-state index contributed by atoms with van der Waals surface area (Å²) in [4.78, 5) is 13.5. The van der Waals surface area contributed by atoms with Gasteiger partial charge in [-0.3, -0.25) is 4.79 Å². The molecule has 0 unspecified atom stereocenters. The third-order valence-corrected chi connectivity index (χ3v) is 6.79. The van der Waals surface area contributed by atoms with Gasteiger partial charge < -0.3 is 10.1 Å². The predicted octanol–water partition coefficient (Wildman–Crippen LogP) is 4.07. The van der Waals surface area contributed by atoms with Crippen LogP contribution in [0.25, 0.3) is 0 Å². The van der Waals surface area contributed by atoms with E-state index in [-0.39, 0.29) is 10.6 Å². The Hall–Kier alpha value is -3.12. The minimum atomic E-state index is -3.71. The van der Waals surface area contributed by atoms with Gasteiger partial charge in [-0.25, -0.2) is 8.42 Å².